The molecular weight excluding hydrogens is 566 g/mol. The first kappa shape index (κ1) is 26.0. The van der Waals surface area contributed by atoms with E-state index in [4.69, 9.17) is 14.4 Å². The van der Waals surface area contributed by atoms with Gasteiger partial charge < -0.3 is 4.42 Å². The van der Waals surface area contributed by atoms with E-state index in [1.807, 2.05) is 54.6 Å². The van der Waals surface area contributed by atoms with Crippen molar-refractivity contribution in [2.45, 2.75) is 0 Å². The van der Waals surface area contributed by atoms with Crippen LogP contribution in [0.5, 0.6) is 0 Å². The van der Waals surface area contributed by atoms with Gasteiger partial charge in [-0.25, -0.2) is 9.97 Å². The molecule has 216 valence electrons. The molecule has 4 aromatic carbocycles. The third-order valence-corrected chi connectivity index (χ3v) is 8.46. The topological polar surface area (TPSA) is 69.6 Å². The minimum Gasteiger partial charge on any atom is -0.455 e. The number of para-hydroxylation sites is 1. The number of aromatic nitrogens is 5. The van der Waals surface area contributed by atoms with Crippen LogP contribution in [-0.2, 0) is 0 Å². The van der Waals surface area contributed by atoms with Crippen molar-refractivity contribution >= 4 is 32.8 Å². The quantitative estimate of drug-likeness (QED) is 0.199. The summed E-state index contributed by atoms with van der Waals surface area (Å²) in [7, 11) is 0. The first-order valence-corrected chi connectivity index (χ1v) is 15.1. The van der Waals surface area contributed by atoms with E-state index in [0.717, 1.165) is 77.7 Å². The Labute approximate surface area is 264 Å². The average molecular weight is 592 g/mol. The third-order valence-electron chi connectivity index (χ3n) is 8.46. The fourth-order valence-corrected chi connectivity index (χ4v) is 6.38. The summed E-state index contributed by atoms with van der Waals surface area (Å²) < 4.78 is 9.07. The van der Waals surface area contributed by atoms with E-state index in [1.54, 1.807) is 24.8 Å². The molecule has 0 saturated carbocycles. The Morgan fingerprint density at radius 3 is 1.72 bits per heavy atom. The minimum absolute atomic E-state index is 0.574. The Balaban J connectivity index is 1.38. The van der Waals surface area contributed by atoms with Gasteiger partial charge in [0.25, 0.3) is 0 Å². The van der Waals surface area contributed by atoms with Crippen molar-refractivity contribution in [1.29, 1.82) is 0 Å². The van der Waals surface area contributed by atoms with Gasteiger partial charge in [-0.3, -0.25) is 14.5 Å². The highest BCUT2D eigenvalue weighted by Crippen LogP contribution is 2.45. The van der Waals surface area contributed by atoms with Gasteiger partial charge in [-0.05, 0) is 54.1 Å². The van der Waals surface area contributed by atoms with E-state index in [2.05, 4.69) is 87.3 Å². The van der Waals surface area contributed by atoms with Gasteiger partial charge in [0.15, 0.2) is 0 Å². The minimum atomic E-state index is 0.574. The fraction of sp³-hybridized carbons (Fsp3) is 0. The van der Waals surface area contributed by atoms with Crippen molar-refractivity contribution in [2.24, 2.45) is 0 Å². The third kappa shape index (κ3) is 4.19. The lowest BCUT2D eigenvalue weighted by Gasteiger charge is -2.11. The van der Waals surface area contributed by atoms with Crippen molar-refractivity contribution in [1.82, 2.24) is 24.5 Å². The number of hydrogen-bond acceptors (Lipinski definition) is 5. The first-order valence-electron chi connectivity index (χ1n) is 15.1. The molecule has 9 rings (SSSR count). The van der Waals surface area contributed by atoms with E-state index in [0.29, 0.717) is 5.95 Å². The van der Waals surface area contributed by atoms with Crippen LogP contribution in [0.15, 0.2) is 157 Å². The van der Waals surface area contributed by atoms with Crippen LogP contribution >= 0.6 is 0 Å². The molecule has 5 aromatic heterocycles. The van der Waals surface area contributed by atoms with E-state index < -0.39 is 0 Å². The highest BCUT2D eigenvalue weighted by atomic mass is 16.3. The lowest BCUT2D eigenvalue weighted by atomic mass is 9.98. The van der Waals surface area contributed by atoms with Crippen LogP contribution in [0.3, 0.4) is 0 Å². The van der Waals surface area contributed by atoms with E-state index in [9.17, 15) is 0 Å². The molecule has 0 atom stereocenters. The maximum absolute atomic E-state index is 6.93. The van der Waals surface area contributed by atoms with Crippen LogP contribution in [0.1, 0.15) is 0 Å². The largest absolute Gasteiger partial charge is 0.455 e. The van der Waals surface area contributed by atoms with Gasteiger partial charge in [0.1, 0.15) is 11.3 Å². The SMILES string of the molecule is c1ccc(-c2oc3c(ccc4c3c3ccccc3n4-c3nc(-c4ccncc4)cc(-c4ccncc4)n3)c2-c2ccccc2)cc1. The van der Waals surface area contributed by atoms with E-state index in [1.165, 1.54) is 0 Å². The van der Waals surface area contributed by atoms with Gasteiger partial charge in [0.05, 0.1) is 27.8 Å². The summed E-state index contributed by atoms with van der Waals surface area (Å²) in [4.78, 5) is 18.7. The Morgan fingerprint density at radius 2 is 1.07 bits per heavy atom. The molecule has 0 amide bonds. The van der Waals surface area contributed by atoms with Crippen molar-refractivity contribution in [2.75, 3.05) is 0 Å². The number of rotatable bonds is 5. The molecule has 0 saturated heterocycles. The Bertz CT molecular complexity index is 2450. The summed E-state index contributed by atoms with van der Waals surface area (Å²) in [6.45, 7) is 0. The Hall–Kier alpha value is -6.40. The summed E-state index contributed by atoms with van der Waals surface area (Å²) in [6, 6.07) is 43.4. The smallest absolute Gasteiger partial charge is 0.235 e. The second-order valence-electron chi connectivity index (χ2n) is 11.1. The van der Waals surface area contributed by atoms with Crippen LogP contribution in [0.25, 0.3) is 83.7 Å². The van der Waals surface area contributed by atoms with Gasteiger partial charge >= 0.3 is 0 Å². The van der Waals surface area contributed by atoms with Gasteiger partial charge in [-0.2, -0.15) is 0 Å². The van der Waals surface area contributed by atoms with Crippen LogP contribution in [-0.4, -0.2) is 24.5 Å². The predicted octanol–water partition coefficient (Wildman–Crippen LogP) is 9.78. The van der Waals surface area contributed by atoms with E-state index in [-0.39, 0.29) is 0 Å². The second kappa shape index (κ2) is 10.6. The van der Waals surface area contributed by atoms with Crippen molar-refractivity contribution < 1.29 is 4.42 Å². The number of nitrogens with zero attached hydrogens (tertiary/aromatic N) is 5. The van der Waals surface area contributed by atoms with Crippen molar-refractivity contribution in [3.05, 3.63) is 152 Å². The molecule has 0 aliphatic carbocycles. The van der Waals surface area contributed by atoms with Crippen molar-refractivity contribution in [3.63, 3.8) is 0 Å². The van der Waals surface area contributed by atoms with Crippen LogP contribution in [0.4, 0.5) is 0 Å². The number of furan rings is 1. The van der Waals surface area contributed by atoms with Gasteiger partial charge in [0, 0.05) is 57.8 Å². The highest BCUT2D eigenvalue weighted by molar-refractivity contribution is 6.22. The summed E-state index contributed by atoms with van der Waals surface area (Å²) in [5, 5.41) is 3.15. The molecule has 46 heavy (non-hydrogen) atoms. The highest BCUT2D eigenvalue weighted by Gasteiger charge is 2.24. The molecule has 0 radical (unpaired) electrons. The fourth-order valence-electron chi connectivity index (χ4n) is 6.38. The molecule has 0 N–H and O–H groups in total. The zero-order valence-electron chi connectivity index (χ0n) is 24.6. The van der Waals surface area contributed by atoms with E-state index >= 15 is 0 Å². The lowest BCUT2D eigenvalue weighted by Crippen LogP contribution is -2.04. The van der Waals surface area contributed by atoms with Crippen LogP contribution in [0, 0.1) is 0 Å². The molecule has 0 fully saturated rings. The summed E-state index contributed by atoms with van der Waals surface area (Å²) in [6.07, 6.45) is 7.13. The molecule has 0 aliphatic heterocycles. The summed E-state index contributed by atoms with van der Waals surface area (Å²) >= 11 is 0. The number of benzene rings is 4. The van der Waals surface area contributed by atoms with Gasteiger partial charge in [-0.15, -0.1) is 0 Å². The molecule has 0 aliphatic rings. The Kier molecular flexibility index (Phi) is 6.03. The molecule has 5 heterocycles. The number of pyridine rings is 2. The zero-order chi connectivity index (χ0) is 30.5. The standard InChI is InChI=1S/C40H25N5O/c1-3-9-28(10-4-1)36-31-15-16-35-37(39(31)46-38(36)29-11-5-2-6-12-29)30-13-7-8-14-34(30)45(35)40-43-32(26-17-21-41-22-18-26)25-33(44-40)27-19-23-42-24-20-27/h1-25H. The molecule has 6 nitrogen and oxygen atoms in total. The lowest BCUT2D eigenvalue weighted by molar-refractivity contribution is 0.636. The molecule has 9 aromatic rings. The summed E-state index contributed by atoms with van der Waals surface area (Å²) in [5.74, 6) is 1.42. The number of hydrogen-bond donors (Lipinski definition) is 0. The predicted molar refractivity (Wildman–Crippen MR) is 183 cm³/mol. The maximum atomic E-state index is 6.93. The summed E-state index contributed by atoms with van der Waals surface area (Å²) in [5.41, 5.74) is 9.56. The molecule has 0 spiro atoms. The van der Waals surface area contributed by atoms with Crippen LogP contribution < -0.4 is 0 Å². The normalized spacial score (nSPS) is 11.5. The monoisotopic (exact) mass is 591 g/mol. The van der Waals surface area contributed by atoms with Crippen molar-refractivity contribution in [3.8, 4) is 50.9 Å². The molecule has 0 unspecified atom stereocenters. The number of fused-ring (bicyclic) bond motifs is 5. The first-order chi connectivity index (χ1) is 22.8. The maximum Gasteiger partial charge on any atom is 0.235 e. The average Bonchev–Trinajstić information content (AvgIpc) is 3.69. The molecule has 6 heteroatoms. The zero-order valence-corrected chi connectivity index (χ0v) is 24.6. The van der Waals surface area contributed by atoms with Crippen LogP contribution in [0.2, 0.25) is 0 Å². The van der Waals surface area contributed by atoms with Gasteiger partial charge in [0.2, 0.25) is 5.95 Å². The Morgan fingerprint density at radius 1 is 0.478 bits per heavy atom. The molecular formula is C40H25N5O. The van der Waals surface area contributed by atoms with Gasteiger partial charge in [-0.1, -0.05) is 78.9 Å². The molecule has 0 bridgehead atoms. The second-order valence-corrected chi connectivity index (χ2v) is 11.1.